The van der Waals surface area contributed by atoms with Crippen LogP contribution in [0.2, 0.25) is 0 Å². The molecule has 0 saturated heterocycles. The number of nitrogens with one attached hydrogen (secondary N) is 1. The van der Waals surface area contributed by atoms with Crippen LogP contribution in [0.3, 0.4) is 0 Å². The van der Waals surface area contributed by atoms with Crippen LogP contribution in [-0.4, -0.2) is 35.9 Å². The number of esters is 1. The molecule has 0 aliphatic rings. The summed E-state index contributed by atoms with van der Waals surface area (Å²) in [5.74, 6) is 0.156. The van der Waals surface area contributed by atoms with E-state index in [9.17, 15) is 9.59 Å². The molecule has 1 aromatic heterocycles. The maximum absolute atomic E-state index is 12.2. The number of hydrogen-bond donors (Lipinski definition) is 1. The lowest BCUT2D eigenvalue weighted by atomic mass is 10.2. The quantitative estimate of drug-likeness (QED) is 0.689. The fourth-order valence-electron chi connectivity index (χ4n) is 2.64. The van der Waals surface area contributed by atoms with E-state index < -0.39 is 5.97 Å². The zero-order chi connectivity index (χ0) is 18.5. The third-order valence-corrected chi connectivity index (χ3v) is 3.97. The van der Waals surface area contributed by atoms with Crippen LogP contribution in [-0.2, 0) is 16.1 Å². The molecule has 1 N–H and O–H groups in total. The molecule has 0 fully saturated rings. The Labute approximate surface area is 150 Å². The number of rotatable bonds is 6. The topological polar surface area (TPSA) is 82.5 Å². The van der Waals surface area contributed by atoms with Crippen molar-refractivity contribution in [2.75, 3.05) is 19.5 Å². The van der Waals surface area contributed by atoms with Crippen LogP contribution < -0.4 is 10.1 Å². The van der Waals surface area contributed by atoms with E-state index in [2.05, 4.69) is 15.2 Å². The SMILES string of the molecule is COC(=O)c1cccc(NC(=O)CCn2ncc3cc(OC)ccc32)c1. The van der Waals surface area contributed by atoms with Crippen molar-refractivity contribution >= 4 is 28.5 Å². The molecule has 2 aromatic carbocycles. The van der Waals surface area contributed by atoms with Gasteiger partial charge in [-0.3, -0.25) is 9.48 Å². The molecular weight excluding hydrogens is 334 g/mol. The van der Waals surface area contributed by atoms with E-state index in [0.717, 1.165) is 16.7 Å². The number of fused-ring (bicyclic) bond motifs is 1. The number of ether oxygens (including phenoxy) is 2. The molecular formula is C19H19N3O4. The lowest BCUT2D eigenvalue weighted by Crippen LogP contribution is -2.15. The first-order chi connectivity index (χ1) is 12.6. The minimum Gasteiger partial charge on any atom is -0.497 e. The molecule has 1 heterocycles. The van der Waals surface area contributed by atoms with Gasteiger partial charge in [0.2, 0.25) is 5.91 Å². The third-order valence-electron chi connectivity index (χ3n) is 3.97. The van der Waals surface area contributed by atoms with Gasteiger partial charge in [0.15, 0.2) is 0 Å². The monoisotopic (exact) mass is 353 g/mol. The largest absolute Gasteiger partial charge is 0.497 e. The maximum Gasteiger partial charge on any atom is 0.337 e. The summed E-state index contributed by atoms with van der Waals surface area (Å²) in [7, 11) is 2.93. The molecule has 0 aliphatic carbocycles. The first-order valence-corrected chi connectivity index (χ1v) is 8.08. The second-order valence-corrected chi connectivity index (χ2v) is 5.66. The second-order valence-electron chi connectivity index (χ2n) is 5.66. The summed E-state index contributed by atoms with van der Waals surface area (Å²) in [6.07, 6.45) is 2.00. The molecule has 0 bridgehead atoms. The molecule has 1 amide bonds. The summed E-state index contributed by atoms with van der Waals surface area (Å²) in [4.78, 5) is 23.8. The Balaban J connectivity index is 1.63. The predicted molar refractivity (Wildman–Crippen MR) is 97.3 cm³/mol. The van der Waals surface area contributed by atoms with E-state index in [0.29, 0.717) is 17.8 Å². The molecule has 134 valence electrons. The summed E-state index contributed by atoms with van der Waals surface area (Å²) < 4.78 is 11.7. The normalized spacial score (nSPS) is 10.5. The van der Waals surface area contributed by atoms with Gasteiger partial charge in [-0.05, 0) is 36.4 Å². The van der Waals surface area contributed by atoms with E-state index in [1.54, 1.807) is 42.3 Å². The fraction of sp³-hybridized carbons (Fsp3) is 0.211. The fourth-order valence-corrected chi connectivity index (χ4v) is 2.64. The van der Waals surface area contributed by atoms with E-state index in [1.165, 1.54) is 7.11 Å². The molecule has 7 heteroatoms. The van der Waals surface area contributed by atoms with Crippen LogP contribution in [0.1, 0.15) is 16.8 Å². The molecule has 0 radical (unpaired) electrons. The van der Waals surface area contributed by atoms with Gasteiger partial charge >= 0.3 is 5.97 Å². The van der Waals surface area contributed by atoms with Crippen LogP contribution in [0, 0.1) is 0 Å². The van der Waals surface area contributed by atoms with Crippen molar-refractivity contribution in [2.24, 2.45) is 0 Å². The highest BCUT2D eigenvalue weighted by molar-refractivity contribution is 5.94. The van der Waals surface area contributed by atoms with Crippen molar-refractivity contribution in [3.63, 3.8) is 0 Å². The number of methoxy groups -OCH3 is 2. The van der Waals surface area contributed by atoms with Crippen LogP contribution in [0.5, 0.6) is 5.75 Å². The number of anilines is 1. The van der Waals surface area contributed by atoms with Crippen molar-refractivity contribution in [3.8, 4) is 5.75 Å². The van der Waals surface area contributed by atoms with Gasteiger partial charge in [0, 0.05) is 17.5 Å². The number of carbonyl (C=O) groups is 2. The van der Waals surface area contributed by atoms with Gasteiger partial charge in [-0.25, -0.2) is 4.79 Å². The van der Waals surface area contributed by atoms with Gasteiger partial charge in [0.1, 0.15) is 5.75 Å². The van der Waals surface area contributed by atoms with Crippen LogP contribution in [0.4, 0.5) is 5.69 Å². The lowest BCUT2D eigenvalue weighted by molar-refractivity contribution is -0.116. The predicted octanol–water partition coefficient (Wildman–Crippen LogP) is 2.86. The summed E-state index contributed by atoms with van der Waals surface area (Å²) in [6, 6.07) is 12.3. The van der Waals surface area contributed by atoms with Crippen LogP contribution in [0.15, 0.2) is 48.7 Å². The molecule has 26 heavy (non-hydrogen) atoms. The Bertz CT molecular complexity index is 949. The number of carbonyl (C=O) groups excluding carboxylic acids is 2. The molecule has 0 atom stereocenters. The summed E-state index contributed by atoms with van der Waals surface area (Å²) >= 11 is 0. The van der Waals surface area contributed by atoms with Crippen molar-refractivity contribution in [1.82, 2.24) is 9.78 Å². The molecule has 0 spiro atoms. The number of aryl methyl sites for hydroxylation is 1. The zero-order valence-electron chi connectivity index (χ0n) is 14.6. The summed E-state index contributed by atoms with van der Waals surface area (Å²) in [5, 5.41) is 8.05. The van der Waals surface area contributed by atoms with E-state index >= 15 is 0 Å². The molecule has 0 aliphatic heterocycles. The number of benzene rings is 2. The summed E-state index contributed by atoms with van der Waals surface area (Å²) in [6.45, 7) is 0.443. The van der Waals surface area contributed by atoms with E-state index in [-0.39, 0.29) is 12.3 Å². The Kier molecular flexibility index (Phi) is 5.17. The van der Waals surface area contributed by atoms with Gasteiger partial charge in [-0.2, -0.15) is 5.10 Å². The van der Waals surface area contributed by atoms with Crippen LogP contribution >= 0.6 is 0 Å². The second kappa shape index (κ2) is 7.69. The molecule has 0 saturated carbocycles. The van der Waals surface area contributed by atoms with Gasteiger partial charge in [-0.1, -0.05) is 6.07 Å². The van der Waals surface area contributed by atoms with Gasteiger partial charge in [0.25, 0.3) is 0 Å². The molecule has 3 aromatic rings. The summed E-state index contributed by atoms with van der Waals surface area (Å²) in [5.41, 5.74) is 1.87. The Hall–Kier alpha value is -3.35. The number of hydrogen-bond acceptors (Lipinski definition) is 5. The van der Waals surface area contributed by atoms with E-state index in [4.69, 9.17) is 4.74 Å². The average Bonchev–Trinajstić information content (AvgIpc) is 3.08. The first kappa shape index (κ1) is 17.5. The average molecular weight is 353 g/mol. The molecule has 0 unspecified atom stereocenters. The van der Waals surface area contributed by atoms with Crippen molar-refractivity contribution in [1.29, 1.82) is 0 Å². The van der Waals surface area contributed by atoms with Crippen molar-refractivity contribution < 1.29 is 19.1 Å². The highest BCUT2D eigenvalue weighted by Crippen LogP contribution is 2.20. The highest BCUT2D eigenvalue weighted by Gasteiger charge is 2.09. The van der Waals surface area contributed by atoms with Gasteiger partial charge < -0.3 is 14.8 Å². The first-order valence-electron chi connectivity index (χ1n) is 8.08. The Morgan fingerprint density at radius 2 is 2.00 bits per heavy atom. The Morgan fingerprint density at radius 1 is 1.15 bits per heavy atom. The number of amides is 1. The van der Waals surface area contributed by atoms with Gasteiger partial charge in [0.05, 0.1) is 38.0 Å². The third kappa shape index (κ3) is 3.83. The van der Waals surface area contributed by atoms with Gasteiger partial charge in [-0.15, -0.1) is 0 Å². The number of nitrogens with zero attached hydrogens (tertiary/aromatic N) is 2. The molecule has 3 rings (SSSR count). The zero-order valence-corrected chi connectivity index (χ0v) is 14.6. The van der Waals surface area contributed by atoms with Crippen molar-refractivity contribution in [2.45, 2.75) is 13.0 Å². The van der Waals surface area contributed by atoms with Crippen LogP contribution in [0.25, 0.3) is 10.9 Å². The standard InChI is InChI=1S/C19H19N3O4/c1-25-16-6-7-17-14(11-16)12-20-22(17)9-8-18(23)21-15-5-3-4-13(10-15)19(24)26-2/h3-7,10-12H,8-9H2,1-2H3,(H,21,23). The maximum atomic E-state index is 12.2. The lowest BCUT2D eigenvalue weighted by Gasteiger charge is -2.08. The van der Waals surface area contributed by atoms with E-state index in [1.807, 2.05) is 18.2 Å². The smallest absolute Gasteiger partial charge is 0.337 e. The van der Waals surface area contributed by atoms with Crippen molar-refractivity contribution in [3.05, 3.63) is 54.2 Å². The molecule has 7 nitrogen and oxygen atoms in total. The Morgan fingerprint density at radius 3 is 2.77 bits per heavy atom. The minimum absolute atomic E-state index is 0.163. The minimum atomic E-state index is -0.445. The number of aromatic nitrogens is 2. The highest BCUT2D eigenvalue weighted by atomic mass is 16.5.